The molecule has 1 aromatic heterocycles. The van der Waals surface area contributed by atoms with Gasteiger partial charge < -0.3 is 5.11 Å². The predicted molar refractivity (Wildman–Crippen MR) is 59.3 cm³/mol. The van der Waals surface area contributed by atoms with Crippen molar-refractivity contribution in [1.82, 2.24) is 15.0 Å². The Hall–Kier alpha value is -1.91. The highest BCUT2D eigenvalue weighted by Gasteiger charge is 2.09. The van der Waals surface area contributed by atoms with Crippen LogP contribution in [-0.4, -0.2) is 26.1 Å². The molecule has 0 saturated heterocycles. The minimum absolute atomic E-state index is 0.264. The molecule has 0 aliphatic heterocycles. The second-order valence-corrected chi connectivity index (χ2v) is 4.17. The van der Waals surface area contributed by atoms with Crippen LogP contribution in [0, 0.1) is 5.92 Å². The van der Waals surface area contributed by atoms with Crippen molar-refractivity contribution in [2.45, 2.75) is 20.4 Å². The highest BCUT2D eigenvalue weighted by Crippen LogP contribution is 2.14. The fraction of sp³-hybridized carbons (Fsp3) is 0.364. The van der Waals surface area contributed by atoms with Crippen LogP contribution in [0.3, 0.4) is 0 Å². The second-order valence-electron chi connectivity index (χ2n) is 4.17. The van der Waals surface area contributed by atoms with Crippen molar-refractivity contribution in [3.05, 3.63) is 23.8 Å². The average molecular weight is 219 g/mol. The number of hydrogen-bond acceptors (Lipinski definition) is 3. The number of carbonyl (C=O) groups is 1. The Morgan fingerprint density at radius 3 is 2.88 bits per heavy atom. The first-order valence-electron chi connectivity index (χ1n) is 5.14. The summed E-state index contributed by atoms with van der Waals surface area (Å²) in [5.41, 5.74) is 1.76. The van der Waals surface area contributed by atoms with Crippen molar-refractivity contribution < 1.29 is 9.90 Å². The average Bonchev–Trinajstić information content (AvgIpc) is 2.60. The molecular weight excluding hydrogens is 206 g/mol. The number of fused-ring (bicyclic) bond motifs is 1. The van der Waals surface area contributed by atoms with E-state index < -0.39 is 5.97 Å². The maximum atomic E-state index is 10.8. The quantitative estimate of drug-likeness (QED) is 0.854. The molecule has 0 aliphatic rings. The van der Waals surface area contributed by atoms with Crippen LogP contribution in [0.25, 0.3) is 11.0 Å². The van der Waals surface area contributed by atoms with Gasteiger partial charge in [0, 0.05) is 6.54 Å². The Bertz CT molecular complexity index is 531. The number of nitrogens with zero attached hydrogens (tertiary/aromatic N) is 3. The Kier molecular flexibility index (Phi) is 2.60. The number of rotatable bonds is 3. The molecule has 0 radical (unpaired) electrons. The van der Waals surface area contributed by atoms with Gasteiger partial charge in [-0.25, -0.2) is 9.48 Å². The van der Waals surface area contributed by atoms with E-state index in [2.05, 4.69) is 24.2 Å². The molecule has 0 amide bonds. The van der Waals surface area contributed by atoms with Gasteiger partial charge >= 0.3 is 5.97 Å². The Labute approximate surface area is 92.7 Å². The molecule has 84 valence electrons. The van der Waals surface area contributed by atoms with Gasteiger partial charge in [0.15, 0.2) is 0 Å². The normalized spacial score (nSPS) is 11.2. The zero-order chi connectivity index (χ0) is 11.7. The van der Waals surface area contributed by atoms with Crippen LogP contribution in [-0.2, 0) is 6.54 Å². The molecular formula is C11H13N3O2. The van der Waals surface area contributed by atoms with Gasteiger partial charge in [0.05, 0.1) is 11.1 Å². The number of carboxylic acids is 1. The largest absolute Gasteiger partial charge is 0.478 e. The predicted octanol–water partition coefficient (Wildman–Crippen LogP) is 1.79. The van der Waals surface area contributed by atoms with Crippen LogP contribution in [0.2, 0.25) is 0 Å². The zero-order valence-corrected chi connectivity index (χ0v) is 9.21. The van der Waals surface area contributed by atoms with Crippen molar-refractivity contribution >= 4 is 17.0 Å². The third-order valence-electron chi connectivity index (χ3n) is 2.30. The van der Waals surface area contributed by atoms with E-state index in [1.807, 2.05) is 0 Å². The minimum atomic E-state index is -0.931. The standard InChI is InChI=1S/C11H13N3O2/c1-7(2)6-14-10-5-8(11(15)16)3-4-9(10)12-13-14/h3-5,7H,6H2,1-2H3,(H,15,16). The van der Waals surface area contributed by atoms with E-state index in [0.717, 1.165) is 17.6 Å². The molecule has 1 aromatic carbocycles. The van der Waals surface area contributed by atoms with E-state index in [4.69, 9.17) is 5.11 Å². The van der Waals surface area contributed by atoms with Crippen molar-refractivity contribution in [2.24, 2.45) is 5.92 Å². The van der Waals surface area contributed by atoms with Crippen LogP contribution < -0.4 is 0 Å². The van der Waals surface area contributed by atoms with Gasteiger partial charge in [-0.2, -0.15) is 0 Å². The number of carboxylic acid groups (broad SMARTS) is 1. The summed E-state index contributed by atoms with van der Waals surface area (Å²) in [5.74, 6) is -0.488. The molecule has 5 nitrogen and oxygen atoms in total. The van der Waals surface area contributed by atoms with E-state index in [1.54, 1.807) is 22.9 Å². The molecule has 1 heterocycles. The number of aromatic nitrogens is 3. The summed E-state index contributed by atoms with van der Waals surface area (Å²) in [7, 11) is 0. The van der Waals surface area contributed by atoms with Crippen molar-refractivity contribution in [3.63, 3.8) is 0 Å². The fourth-order valence-electron chi connectivity index (χ4n) is 1.58. The van der Waals surface area contributed by atoms with E-state index in [-0.39, 0.29) is 5.56 Å². The van der Waals surface area contributed by atoms with Gasteiger partial charge in [0.25, 0.3) is 0 Å². The van der Waals surface area contributed by atoms with Crippen molar-refractivity contribution in [2.75, 3.05) is 0 Å². The third kappa shape index (κ3) is 1.88. The Balaban J connectivity index is 2.51. The van der Waals surface area contributed by atoms with E-state index in [1.165, 1.54) is 0 Å². The summed E-state index contributed by atoms with van der Waals surface area (Å²) in [6.45, 7) is 4.89. The Morgan fingerprint density at radius 2 is 2.25 bits per heavy atom. The van der Waals surface area contributed by atoms with Gasteiger partial charge in [0.1, 0.15) is 5.52 Å². The fourth-order valence-corrected chi connectivity index (χ4v) is 1.58. The highest BCUT2D eigenvalue weighted by atomic mass is 16.4. The van der Waals surface area contributed by atoms with E-state index in [0.29, 0.717) is 5.92 Å². The number of hydrogen-bond donors (Lipinski definition) is 1. The van der Waals surface area contributed by atoms with Crippen LogP contribution in [0.15, 0.2) is 18.2 Å². The van der Waals surface area contributed by atoms with Crippen LogP contribution >= 0.6 is 0 Å². The van der Waals surface area contributed by atoms with Crippen molar-refractivity contribution in [1.29, 1.82) is 0 Å². The van der Waals surface area contributed by atoms with Crippen molar-refractivity contribution in [3.8, 4) is 0 Å². The van der Waals surface area contributed by atoms with Crippen LogP contribution in [0.4, 0.5) is 0 Å². The summed E-state index contributed by atoms with van der Waals surface area (Å²) < 4.78 is 1.74. The molecule has 0 fully saturated rings. The lowest BCUT2D eigenvalue weighted by Gasteiger charge is -2.05. The molecule has 2 aromatic rings. The number of benzene rings is 1. The SMILES string of the molecule is CC(C)Cn1nnc2ccc(C(=O)O)cc21. The zero-order valence-electron chi connectivity index (χ0n) is 9.21. The Morgan fingerprint density at radius 1 is 1.50 bits per heavy atom. The monoisotopic (exact) mass is 219 g/mol. The summed E-state index contributed by atoms with van der Waals surface area (Å²) in [6.07, 6.45) is 0. The molecule has 1 N–H and O–H groups in total. The molecule has 0 aliphatic carbocycles. The second kappa shape index (κ2) is 3.92. The van der Waals surface area contributed by atoms with Gasteiger partial charge in [-0.1, -0.05) is 19.1 Å². The minimum Gasteiger partial charge on any atom is -0.478 e. The topological polar surface area (TPSA) is 68.0 Å². The molecule has 0 saturated carbocycles. The number of aromatic carboxylic acids is 1. The first-order valence-corrected chi connectivity index (χ1v) is 5.14. The van der Waals surface area contributed by atoms with Crippen LogP contribution in [0.1, 0.15) is 24.2 Å². The van der Waals surface area contributed by atoms with E-state index >= 15 is 0 Å². The molecule has 0 atom stereocenters. The van der Waals surface area contributed by atoms with Gasteiger partial charge in [-0.15, -0.1) is 5.10 Å². The summed E-state index contributed by atoms with van der Waals surface area (Å²) in [4.78, 5) is 10.8. The lowest BCUT2D eigenvalue weighted by Crippen LogP contribution is -2.06. The smallest absolute Gasteiger partial charge is 0.335 e. The summed E-state index contributed by atoms with van der Waals surface area (Å²) in [5, 5.41) is 16.9. The van der Waals surface area contributed by atoms with E-state index in [9.17, 15) is 4.79 Å². The maximum absolute atomic E-state index is 10.8. The summed E-state index contributed by atoms with van der Waals surface area (Å²) in [6, 6.07) is 4.84. The van der Waals surface area contributed by atoms with Crippen LogP contribution in [0.5, 0.6) is 0 Å². The molecule has 5 heteroatoms. The lowest BCUT2D eigenvalue weighted by molar-refractivity contribution is 0.0697. The lowest BCUT2D eigenvalue weighted by atomic mass is 10.2. The molecule has 0 bridgehead atoms. The molecule has 16 heavy (non-hydrogen) atoms. The highest BCUT2D eigenvalue weighted by molar-refractivity contribution is 5.92. The van der Waals surface area contributed by atoms with Gasteiger partial charge in [0.2, 0.25) is 0 Å². The first kappa shape index (κ1) is 10.6. The maximum Gasteiger partial charge on any atom is 0.335 e. The molecule has 0 spiro atoms. The molecule has 0 unspecified atom stereocenters. The third-order valence-corrected chi connectivity index (χ3v) is 2.30. The molecule has 2 rings (SSSR count). The van der Waals surface area contributed by atoms with Gasteiger partial charge in [-0.3, -0.25) is 0 Å². The summed E-state index contributed by atoms with van der Waals surface area (Å²) >= 11 is 0. The first-order chi connectivity index (χ1) is 7.58. The van der Waals surface area contributed by atoms with Gasteiger partial charge in [-0.05, 0) is 24.1 Å².